The monoisotopic (exact) mass is 262 g/mol. The van der Waals surface area contributed by atoms with E-state index in [2.05, 4.69) is 15.4 Å². The molecule has 2 aromatic rings. The lowest BCUT2D eigenvalue weighted by atomic mass is 10.1. The number of carbonyl (C=O) groups is 1. The number of rotatable bonds is 2. The number of aryl methyl sites for hydroxylation is 1. The number of carbonyl (C=O) groups excluding carboxylic acids is 1. The zero-order chi connectivity index (χ0) is 12.7. The molecular weight excluding hydrogens is 252 g/mol. The van der Waals surface area contributed by atoms with Crippen LogP contribution in [0.5, 0.6) is 0 Å². The van der Waals surface area contributed by atoms with Gasteiger partial charge in [-0.25, -0.2) is 9.67 Å². The van der Waals surface area contributed by atoms with Crippen LogP contribution < -0.4 is 5.32 Å². The maximum atomic E-state index is 11.3. The first-order valence-electron chi connectivity index (χ1n) is 5.30. The molecule has 18 heavy (non-hydrogen) atoms. The van der Waals surface area contributed by atoms with Gasteiger partial charge in [0.1, 0.15) is 6.33 Å². The standard InChI is InChI=1S/C11H10N4O2S/c1-15-11(12-5-13-15)18-6-2-3-7-8(4-6)14-10(17)9(7)16/h2-5,9,16H,1H3,(H,14,17). The van der Waals surface area contributed by atoms with Crippen LogP contribution in [0.25, 0.3) is 0 Å². The SMILES string of the molecule is Cn1ncnc1Sc1ccc2c(c1)NC(=O)C2O. The van der Waals surface area contributed by atoms with Crippen molar-refractivity contribution >= 4 is 23.4 Å². The normalized spacial score (nSPS) is 17.7. The number of aliphatic hydroxyl groups is 1. The highest BCUT2D eigenvalue weighted by molar-refractivity contribution is 7.99. The predicted molar refractivity (Wildman–Crippen MR) is 65.2 cm³/mol. The number of anilines is 1. The van der Waals surface area contributed by atoms with Crippen molar-refractivity contribution in [1.82, 2.24) is 14.8 Å². The molecule has 1 aromatic carbocycles. The predicted octanol–water partition coefficient (Wildman–Crippen LogP) is 0.952. The van der Waals surface area contributed by atoms with Gasteiger partial charge in [-0.05, 0) is 12.1 Å². The van der Waals surface area contributed by atoms with Crippen molar-refractivity contribution in [2.24, 2.45) is 7.05 Å². The molecule has 1 aliphatic rings. The molecule has 2 heterocycles. The van der Waals surface area contributed by atoms with E-state index in [1.54, 1.807) is 10.7 Å². The Hall–Kier alpha value is -1.86. The number of nitrogens with one attached hydrogen (secondary N) is 1. The third-order valence-electron chi connectivity index (χ3n) is 2.70. The summed E-state index contributed by atoms with van der Waals surface area (Å²) in [6.45, 7) is 0. The molecule has 1 atom stereocenters. The third-order valence-corrected chi connectivity index (χ3v) is 3.75. The van der Waals surface area contributed by atoms with Crippen molar-refractivity contribution in [3.8, 4) is 0 Å². The van der Waals surface area contributed by atoms with Crippen LogP contribution in [0.3, 0.4) is 0 Å². The van der Waals surface area contributed by atoms with E-state index in [4.69, 9.17) is 0 Å². The number of benzene rings is 1. The summed E-state index contributed by atoms with van der Waals surface area (Å²) < 4.78 is 1.67. The average Bonchev–Trinajstić information content (AvgIpc) is 2.86. The molecule has 0 spiro atoms. The molecule has 3 rings (SSSR count). The zero-order valence-electron chi connectivity index (χ0n) is 9.49. The van der Waals surface area contributed by atoms with Crippen LogP contribution in [0.2, 0.25) is 0 Å². The second-order valence-electron chi connectivity index (χ2n) is 3.91. The van der Waals surface area contributed by atoms with Gasteiger partial charge in [-0.2, -0.15) is 5.10 Å². The molecule has 0 saturated carbocycles. The van der Waals surface area contributed by atoms with E-state index < -0.39 is 6.10 Å². The Bertz CT molecular complexity index is 625. The second-order valence-corrected chi connectivity index (χ2v) is 4.95. The minimum absolute atomic E-state index is 0.384. The van der Waals surface area contributed by atoms with E-state index in [-0.39, 0.29) is 5.91 Å². The fourth-order valence-corrected chi connectivity index (χ4v) is 2.57. The van der Waals surface area contributed by atoms with Crippen molar-refractivity contribution in [3.05, 3.63) is 30.1 Å². The van der Waals surface area contributed by atoms with Crippen molar-refractivity contribution in [1.29, 1.82) is 0 Å². The molecule has 0 bridgehead atoms. The summed E-state index contributed by atoms with van der Waals surface area (Å²) in [7, 11) is 1.81. The van der Waals surface area contributed by atoms with E-state index >= 15 is 0 Å². The van der Waals surface area contributed by atoms with Crippen LogP contribution in [0.15, 0.2) is 34.6 Å². The smallest absolute Gasteiger partial charge is 0.257 e. The summed E-state index contributed by atoms with van der Waals surface area (Å²) >= 11 is 1.45. The molecule has 2 N–H and O–H groups in total. The molecule has 0 aliphatic carbocycles. The summed E-state index contributed by atoms with van der Waals surface area (Å²) in [6.07, 6.45) is 0.426. The Morgan fingerprint density at radius 1 is 1.50 bits per heavy atom. The Morgan fingerprint density at radius 3 is 3.06 bits per heavy atom. The molecule has 7 heteroatoms. The van der Waals surface area contributed by atoms with Crippen molar-refractivity contribution in [2.45, 2.75) is 16.2 Å². The molecule has 0 saturated heterocycles. The fourth-order valence-electron chi connectivity index (χ4n) is 1.77. The van der Waals surface area contributed by atoms with Crippen LogP contribution in [-0.4, -0.2) is 25.8 Å². The van der Waals surface area contributed by atoms with Crippen LogP contribution in [0.4, 0.5) is 5.69 Å². The minimum Gasteiger partial charge on any atom is -0.378 e. The number of aliphatic hydroxyl groups excluding tert-OH is 1. The second kappa shape index (κ2) is 4.11. The Labute approximate surface area is 107 Å². The first-order valence-corrected chi connectivity index (χ1v) is 6.11. The van der Waals surface area contributed by atoms with Crippen molar-refractivity contribution < 1.29 is 9.90 Å². The van der Waals surface area contributed by atoms with Gasteiger partial charge in [-0.15, -0.1) is 0 Å². The van der Waals surface area contributed by atoms with E-state index in [0.717, 1.165) is 10.1 Å². The maximum Gasteiger partial charge on any atom is 0.257 e. The quantitative estimate of drug-likeness (QED) is 0.842. The zero-order valence-corrected chi connectivity index (χ0v) is 10.3. The van der Waals surface area contributed by atoms with Gasteiger partial charge in [-0.1, -0.05) is 17.8 Å². The molecule has 1 unspecified atom stereocenters. The summed E-state index contributed by atoms with van der Waals surface area (Å²) in [5.41, 5.74) is 1.27. The van der Waals surface area contributed by atoms with Gasteiger partial charge in [0.2, 0.25) is 0 Å². The lowest BCUT2D eigenvalue weighted by molar-refractivity contribution is -0.123. The summed E-state index contributed by atoms with van der Waals surface area (Å²) in [5, 5.41) is 17.0. The minimum atomic E-state index is -1.06. The Kier molecular flexibility index (Phi) is 2.57. The van der Waals surface area contributed by atoms with Crippen LogP contribution in [-0.2, 0) is 11.8 Å². The van der Waals surface area contributed by atoms with Gasteiger partial charge in [0.25, 0.3) is 5.91 Å². The van der Waals surface area contributed by atoms with Crippen LogP contribution >= 0.6 is 11.8 Å². The van der Waals surface area contributed by atoms with Crippen molar-refractivity contribution in [3.63, 3.8) is 0 Å². The van der Waals surface area contributed by atoms with Gasteiger partial charge < -0.3 is 10.4 Å². The van der Waals surface area contributed by atoms with Gasteiger partial charge in [0.05, 0.1) is 0 Å². The van der Waals surface area contributed by atoms with Crippen molar-refractivity contribution in [2.75, 3.05) is 5.32 Å². The van der Waals surface area contributed by atoms with Crippen LogP contribution in [0, 0.1) is 0 Å². The molecular formula is C11H10N4O2S. The first kappa shape index (κ1) is 11.2. The molecule has 1 aromatic heterocycles. The summed E-state index contributed by atoms with van der Waals surface area (Å²) in [4.78, 5) is 16.4. The van der Waals surface area contributed by atoms with E-state index in [1.807, 2.05) is 19.2 Å². The highest BCUT2D eigenvalue weighted by Gasteiger charge is 2.28. The number of hydrogen-bond acceptors (Lipinski definition) is 5. The molecule has 1 aliphatic heterocycles. The highest BCUT2D eigenvalue weighted by atomic mass is 32.2. The summed E-state index contributed by atoms with van der Waals surface area (Å²) in [5.74, 6) is -0.384. The molecule has 1 amide bonds. The van der Waals surface area contributed by atoms with E-state index in [1.165, 1.54) is 18.1 Å². The van der Waals surface area contributed by atoms with E-state index in [0.29, 0.717) is 11.3 Å². The van der Waals surface area contributed by atoms with E-state index in [9.17, 15) is 9.90 Å². The number of hydrogen-bond donors (Lipinski definition) is 2. The Morgan fingerprint density at radius 2 is 2.33 bits per heavy atom. The van der Waals surface area contributed by atoms with Gasteiger partial charge in [-0.3, -0.25) is 4.79 Å². The van der Waals surface area contributed by atoms with Gasteiger partial charge in [0.15, 0.2) is 11.3 Å². The van der Waals surface area contributed by atoms with Gasteiger partial charge >= 0.3 is 0 Å². The highest BCUT2D eigenvalue weighted by Crippen LogP contribution is 2.35. The molecule has 0 radical (unpaired) electrons. The molecule has 6 nitrogen and oxygen atoms in total. The largest absolute Gasteiger partial charge is 0.378 e. The number of amides is 1. The van der Waals surface area contributed by atoms with Crippen LogP contribution in [0.1, 0.15) is 11.7 Å². The Balaban J connectivity index is 1.91. The molecule has 92 valence electrons. The summed E-state index contributed by atoms with van der Waals surface area (Å²) in [6, 6.07) is 5.42. The third kappa shape index (κ3) is 1.77. The first-order chi connectivity index (χ1) is 8.65. The number of aromatic nitrogens is 3. The number of nitrogens with zero attached hydrogens (tertiary/aromatic N) is 3. The molecule has 0 fully saturated rings. The van der Waals surface area contributed by atoms with Gasteiger partial charge in [0, 0.05) is 23.2 Å². The number of fused-ring (bicyclic) bond motifs is 1. The lowest BCUT2D eigenvalue weighted by Gasteiger charge is -2.04. The topological polar surface area (TPSA) is 80.0 Å². The lowest BCUT2D eigenvalue weighted by Crippen LogP contribution is -2.10. The average molecular weight is 262 g/mol. The maximum absolute atomic E-state index is 11.3. The fraction of sp³-hybridized carbons (Fsp3) is 0.182.